The lowest BCUT2D eigenvalue weighted by Gasteiger charge is -2.19. The second-order valence-electron chi connectivity index (χ2n) is 5.57. The molecule has 1 heterocycles. The maximum absolute atomic E-state index is 12.0. The zero-order chi connectivity index (χ0) is 15.6. The molecule has 0 aromatic heterocycles. The maximum Gasteiger partial charge on any atom is 0.379 e. The number of carbonyl (C=O) groups is 2. The first kappa shape index (κ1) is 15.6. The normalized spacial score (nSPS) is 16.0. The van der Waals surface area contributed by atoms with Gasteiger partial charge in [0.05, 0.1) is 30.4 Å². The van der Waals surface area contributed by atoms with Crippen molar-refractivity contribution in [2.24, 2.45) is 5.41 Å². The van der Waals surface area contributed by atoms with Gasteiger partial charge in [0.2, 0.25) is 0 Å². The van der Waals surface area contributed by atoms with Gasteiger partial charge in [-0.3, -0.25) is 4.79 Å². The highest BCUT2D eigenvalue weighted by Gasteiger charge is 2.28. The fraction of sp³-hybridized carbons (Fsp3) is 0.467. The van der Waals surface area contributed by atoms with Crippen LogP contribution in [0, 0.1) is 5.41 Å². The number of halogens is 1. The second-order valence-corrected chi connectivity index (χ2v) is 5.98. The summed E-state index contributed by atoms with van der Waals surface area (Å²) in [6.07, 6.45) is 0. The number of carbonyl (C=O) groups excluding carboxylic acids is 2. The van der Waals surface area contributed by atoms with Crippen molar-refractivity contribution in [2.75, 3.05) is 19.8 Å². The van der Waals surface area contributed by atoms with E-state index in [0.29, 0.717) is 24.7 Å². The highest BCUT2D eigenvalue weighted by molar-refractivity contribution is 6.45. The van der Waals surface area contributed by atoms with Crippen LogP contribution in [-0.2, 0) is 9.53 Å². The van der Waals surface area contributed by atoms with Gasteiger partial charge in [0.25, 0.3) is 5.78 Å². The van der Waals surface area contributed by atoms with Gasteiger partial charge in [-0.15, -0.1) is 0 Å². The first-order chi connectivity index (χ1) is 9.84. The summed E-state index contributed by atoms with van der Waals surface area (Å²) in [6, 6.07) is 2.92. The van der Waals surface area contributed by atoms with Crippen molar-refractivity contribution in [2.45, 2.75) is 20.8 Å². The summed E-state index contributed by atoms with van der Waals surface area (Å²) < 4.78 is 16.0. The molecule has 0 aliphatic carbocycles. The molecule has 0 N–H and O–H groups in total. The summed E-state index contributed by atoms with van der Waals surface area (Å²) in [5.74, 6) is -0.866. The van der Waals surface area contributed by atoms with E-state index in [2.05, 4.69) is 0 Å². The zero-order valence-electron chi connectivity index (χ0n) is 12.2. The molecule has 0 spiro atoms. The third-order valence-corrected chi connectivity index (χ3v) is 3.29. The summed E-state index contributed by atoms with van der Waals surface area (Å²) in [5, 5.41) is 0.134. The molecule has 21 heavy (non-hydrogen) atoms. The van der Waals surface area contributed by atoms with E-state index in [1.165, 1.54) is 12.1 Å². The largest absolute Gasteiger partial charge is 0.489 e. The van der Waals surface area contributed by atoms with E-state index >= 15 is 0 Å². The molecule has 0 amide bonds. The zero-order valence-corrected chi connectivity index (χ0v) is 13.0. The number of esters is 1. The first-order valence-corrected chi connectivity index (χ1v) is 7.02. The minimum Gasteiger partial charge on any atom is -0.489 e. The lowest BCUT2D eigenvalue weighted by atomic mass is 9.97. The second kappa shape index (κ2) is 5.93. The van der Waals surface area contributed by atoms with Crippen molar-refractivity contribution in [3.05, 3.63) is 22.7 Å². The van der Waals surface area contributed by atoms with Gasteiger partial charge < -0.3 is 14.2 Å². The Morgan fingerprint density at radius 1 is 1.24 bits per heavy atom. The quantitative estimate of drug-likeness (QED) is 0.488. The average molecular weight is 313 g/mol. The van der Waals surface area contributed by atoms with E-state index in [1.807, 2.05) is 13.8 Å². The molecule has 1 aliphatic rings. The molecule has 1 aliphatic heterocycles. The van der Waals surface area contributed by atoms with Crippen LogP contribution >= 0.6 is 11.6 Å². The molecule has 0 bridgehead atoms. The van der Waals surface area contributed by atoms with Crippen LogP contribution in [0.2, 0.25) is 5.02 Å². The molecule has 1 aromatic carbocycles. The van der Waals surface area contributed by atoms with Crippen molar-refractivity contribution in [1.29, 1.82) is 0 Å². The number of fused-ring (bicyclic) bond motifs is 1. The summed E-state index contributed by atoms with van der Waals surface area (Å²) in [4.78, 5) is 23.5. The van der Waals surface area contributed by atoms with Crippen molar-refractivity contribution in [3.63, 3.8) is 0 Å². The first-order valence-electron chi connectivity index (χ1n) is 6.64. The van der Waals surface area contributed by atoms with Crippen molar-refractivity contribution in [1.82, 2.24) is 0 Å². The summed E-state index contributed by atoms with van der Waals surface area (Å²) in [5.41, 5.74) is -0.103. The Bertz CT molecular complexity index is 580. The van der Waals surface area contributed by atoms with E-state index in [4.69, 9.17) is 25.8 Å². The monoisotopic (exact) mass is 312 g/mol. The minimum absolute atomic E-state index is 0.0529. The molecule has 6 heteroatoms. The van der Waals surface area contributed by atoms with Crippen molar-refractivity contribution >= 4 is 23.4 Å². The van der Waals surface area contributed by atoms with Crippen LogP contribution in [0.3, 0.4) is 0 Å². The molecule has 0 fully saturated rings. The Labute approximate surface area is 128 Å². The number of ketones is 1. The third-order valence-electron chi connectivity index (χ3n) is 2.98. The number of benzene rings is 1. The molecule has 2 rings (SSSR count). The SMILES string of the molecule is CCOC(=O)C(=O)c1cc2c(cc1Cl)OCC(C)(C)CO2. The predicted molar refractivity (Wildman–Crippen MR) is 77.2 cm³/mol. The lowest BCUT2D eigenvalue weighted by molar-refractivity contribution is -0.137. The fourth-order valence-corrected chi connectivity index (χ4v) is 2.07. The Morgan fingerprint density at radius 2 is 1.81 bits per heavy atom. The molecule has 5 nitrogen and oxygen atoms in total. The maximum atomic E-state index is 12.0. The summed E-state index contributed by atoms with van der Waals surface area (Å²) in [6.45, 7) is 6.68. The van der Waals surface area contributed by atoms with E-state index in [0.717, 1.165) is 0 Å². The fourth-order valence-electron chi connectivity index (χ4n) is 1.83. The van der Waals surface area contributed by atoms with Crippen LogP contribution in [0.25, 0.3) is 0 Å². The van der Waals surface area contributed by atoms with Crippen LogP contribution in [0.5, 0.6) is 11.5 Å². The van der Waals surface area contributed by atoms with Gasteiger partial charge in [-0.2, -0.15) is 0 Å². The third kappa shape index (κ3) is 3.47. The highest BCUT2D eigenvalue weighted by Crippen LogP contribution is 2.37. The molecule has 0 atom stereocenters. The predicted octanol–water partition coefficient (Wildman–Crippen LogP) is 2.88. The Hall–Kier alpha value is -1.75. The van der Waals surface area contributed by atoms with E-state index in [1.54, 1.807) is 6.92 Å². The van der Waals surface area contributed by atoms with Crippen molar-refractivity contribution < 1.29 is 23.8 Å². The van der Waals surface area contributed by atoms with Crippen LogP contribution < -0.4 is 9.47 Å². The van der Waals surface area contributed by atoms with Gasteiger partial charge >= 0.3 is 5.97 Å². The topological polar surface area (TPSA) is 61.8 Å². The van der Waals surface area contributed by atoms with E-state index in [-0.39, 0.29) is 22.6 Å². The highest BCUT2D eigenvalue weighted by atomic mass is 35.5. The van der Waals surface area contributed by atoms with Gasteiger partial charge in [0.15, 0.2) is 11.5 Å². The Kier molecular flexibility index (Phi) is 4.42. The molecule has 0 saturated heterocycles. The van der Waals surface area contributed by atoms with E-state index < -0.39 is 11.8 Å². The molecule has 0 radical (unpaired) electrons. The molecule has 0 unspecified atom stereocenters. The van der Waals surface area contributed by atoms with E-state index in [9.17, 15) is 9.59 Å². The summed E-state index contributed by atoms with van der Waals surface area (Å²) >= 11 is 6.06. The number of ether oxygens (including phenoxy) is 3. The summed E-state index contributed by atoms with van der Waals surface area (Å²) in [7, 11) is 0. The van der Waals surface area contributed by atoms with Crippen LogP contribution in [-0.4, -0.2) is 31.6 Å². The number of hydrogen-bond donors (Lipinski definition) is 0. The lowest BCUT2D eigenvalue weighted by Crippen LogP contribution is -2.26. The number of hydrogen-bond acceptors (Lipinski definition) is 5. The minimum atomic E-state index is -0.936. The van der Waals surface area contributed by atoms with Gasteiger partial charge in [-0.1, -0.05) is 25.4 Å². The Morgan fingerprint density at radius 3 is 2.38 bits per heavy atom. The van der Waals surface area contributed by atoms with Crippen molar-refractivity contribution in [3.8, 4) is 11.5 Å². The van der Waals surface area contributed by atoms with Gasteiger partial charge in [-0.05, 0) is 13.0 Å². The molecule has 114 valence electrons. The van der Waals surface area contributed by atoms with Gasteiger partial charge in [0, 0.05) is 11.5 Å². The van der Waals surface area contributed by atoms with Gasteiger partial charge in [0.1, 0.15) is 0 Å². The molecule has 1 aromatic rings. The van der Waals surface area contributed by atoms with Crippen LogP contribution in [0.4, 0.5) is 0 Å². The average Bonchev–Trinajstić information content (AvgIpc) is 2.57. The smallest absolute Gasteiger partial charge is 0.379 e. The number of rotatable bonds is 3. The molecular weight excluding hydrogens is 296 g/mol. The van der Waals surface area contributed by atoms with Crippen LogP contribution in [0.15, 0.2) is 12.1 Å². The van der Waals surface area contributed by atoms with Gasteiger partial charge in [-0.25, -0.2) is 4.79 Å². The Balaban J connectivity index is 2.33. The molecular formula is C15H17ClO5. The standard InChI is InChI=1S/C15H17ClO5/c1-4-19-14(18)13(17)9-5-11-12(6-10(9)16)21-8-15(2,3)7-20-11/h5-6H,4,7-8H2,1-3H3. The number of Topliss-reactive ketones (excluding diaryl/α,β-unsaturated/α-hetero) is 1. The molecule has 0 saturated carbocycles. The van der Waals surface area contributed by atoms with Crippen LogP contribution in [0.1, 0.15) is 31.1 Å².